The minimum Gasteiger partial charge on any atom is -0.328 e. The van der Waals surface area contributed by atoms with Gasteiger partial charge in [-0.3, -0.25) is 0 Å². The number of aryl methyl sites for hydroxylation is 1. The standard InChI is InChI=1S/C22H16.C17H16N2/c1-3-4-8-15(2)16-13-14-21-18-10-6-5-9-17(18)20-12-7-11-19(16)22(20)21;1-3-8-15-16(13-9-5-4-6-10-13)14-11-7-12-18-17(14)19(15)2/h3-14H,1-2H2;3-12H,1-2H3/b8-4-;8-3-. The predicted octanol–water partition coefficient (Wildman–Crippen LogP) is 10.5. The number of aromatic nitrogens is 2. The van der Waals surface area contributed by atoms with Crippen molar-refractivity contribution in [3.8, 4) is 33.4 Å². The van der Waals surface area contributed by atoms with Gasteiger partial charge in [0.25, 0.3) is 0 Å². The van der Waals surface area contributed by atoms with Crippen molar-refractivity contribution in [3.63, 3.8) is 0 Å². The number of pyridine rings is 1. The number of rotatable bonds is 5. The predicted molar refractivity (Wildman–Crippen MR) is 178 cm³/mol. The van der Waals surface area contributed by atoms with Gasteiger partial charge in [0.05, 0.1) is 5.69 Å². The van der Waals surface area contributed by atoms with E-state index >= 15 is 0 Å². The molecule has 0 aliphatic heterocycles. The number of allylic oxidation sites excluding steroid dienone is 5. The van der Waals surface area contributed by atoms with E-state index in [0.29, 0.717) is 0 Å². The molecule has 0 bridgehead atoms. The summed E-state index contributed by atoms with van der Waals surface area (Å²) >= 11 is 0. The van der Waals surface area contributed by atoms with E-state index in [1.54, 1.807) is 6.08 Å². The highest BCUT2D eigenvalue weighted by molar-refractivity contribution is 6.17. The molecule has 0 unspecified atom stereocenters. The molecule has 0 fully saturated rings. The molecule has 1 aliphatic rings. The molecule has 0 saturated heterocycles. The fraction of sp³-hybridized carbons (Fsp3) is 0.0513. The van der Waals surface area contributed by atoms with E-state index in [2.05, 4.69) is 127 Å². The highest BCUT2D eigenvalue weighted by Gasteiger charge is 2.21. The summed E-state index contributed by atoms with van der Waals surface area (Å²) in [6, 6.07) is 34.2. The van der Waals surface area contributed by atoms with Gasteiger partial charge in [-0.2, -0.15) is 0 Å². The van der Waals surface area contributed by atoms with Gasteiger partial charge in [0.15, 0.2) is 0 Å². The second-order valence-corrected chi connectivity index (χ2v) is 10.1. The number of fused-ring (bicyclic) bond motifs is 4. The van der Waals surface area contributed by atoms with E-state index in [-0.39, 0.29) is 0 Å². The smallest absolute Gasteiger partial charge is 0.140 e. The number of benzene rings is 4. The van der Waals surface area contributed by atoms with Crippen molar-refractivity contribution in [2.24, 2.45) is 7.05 Å². The van der Waals surface area contributed by atoms with Gasteiger partial charge in [-0.25, -0.2) is 4.98 Å². The molecule has 0 spiro atoms. The maximum Gasteiger partial charge on any atom is 0.140 e. The van der Waals surface area contributed by atoms with Crippen LogP contribution in [0.25, 0.3) is 66.8 Å². The Bertz CT molecular complexity index is 1950. The van der Waals surface area contributed by atoms with Crippen molar-refractivity contribution >= 4 is 33.5 Å². The van der Waals surface area contributed by atoms with Crippen LogP contribution in [0.5, 0.6) is 0 Å². The van der Waals surface area contributed by atoms with Gasteiger partial charge in [0, 0.05) is 24.2 Å². The van der Waals surface area contributed by atoms with Gasteiger partial charge < -0.3 is 4.57 Å². The zero-order valence-electron chi connectivity index (χ0n) is 23.5. The van der Waals surface area contributed by atoms with Gasteiger partial charge >= 0.3 is 0 Å². The van der Waals surface area contributed by atoms with Crippen LogP contribution >= 0.6 is 0 Å². The first-order valence-corrected chi connectivity index (χ1v) is 13.9. The third-order valence-electron chi connectivity index (χ3n) is 7.71. The van der Waals surface area contributed by atoms with Crippen LogP contribution in [-0.4, -0.2) is 9.55 Å². The second-order valence-electron chi connectivity index (χ2n) is 10.1. The molecule has 0 saturated carbocycles. The molecule has 2 aromatic heterocycles. The summed E-state index contributed by atoms with van der Waals surface area (Å²) in [7, 11) is 2.07. The molecular formula is C39H32N2. The quantitative estimate of drug-likeness (QED) is 0.203. The van der Waals surface area contributed by atoms with Crippen LogP contribution in [0.1, 0.15) is 18.2 Å². The molecule has 7 rings (SSSR count). The molecule has 6 aromatic rings. The van der Waals surface area contributed by atoms with Crippen molar-refractivity contribution in [3.05, 3.63) is 152 Å². The van der Waals surface area contributed by atoms with Crippen LogP contribution in [0.3, 0.4) is 0 Å². The zero-order chi connectivity index (χ0) is 28.3. The van der Waals surface area contributed by atoms with Crippen LogP contribution in [0, 0.1) is 0 Å². The first kappa shape index (κ1) is 26.0. The Hall–Kier alpha value is -5.21. The minimum absolute atomic E-state index is 1.01. The molecule has 2 heteroatoms. The number of hydrogen-bond donors (Lipinski definition) is 0. The normalized spacial score (nSPS) is 11.7. The van der Waals surface area contributed by atoms with Crippen LogP contribution in [0.15, 0.2) is 141 Å². The van der Waals surface area contributed by atoms with Crippen molar-refractivity contribution in [2.45, 2.75) is 6.92 Å². The maximum absolute atomic E-state index is 4.50. The molecule has 198 valence electrons. The molecule has 0 atom stereocenters. The average molecular weight is 529 g/mol. The Kier molecular flexibility index (Phi) is 7.06. The molecule has 0 radical (unpaired) electrons. The largest absolute Gasteiger partial charge is 0.328 e. The van der Waals surface area contributed by atoms with E-state index < -0.39 is 0 Å². The van der Waals surface area contributed by atoms with Gasteiger partial charge in [0.1, 0.15) is 5.65 Å². The van der Waals surface area contributed by atoms with E-state index in [9.17, 15) is 0 Å². The summed E-state index contributed by atoms with van der Waals surface area (Å²) in [4.78, 5) is 4.50. The lowest BCUT2D eigenvalue weighted by Crippen LogP contribution is -1.92. The van der Waals surface area contributed by atoms with Crippen LogP contribution in [0.4, 0.5) is 0 Å². The zero-order valence-corrected chi connectivity index (χ0v) is 23.5. The summed E-state index contributed by atoms with van der Waals surface area (Å²) in [6.07, 6.45) is 11.8. The summed E-state index contributed by atoms with van der Waals surface area (Å²) in [5.41, 5.74) is 12.2. The molecule has 41 heavy (non-hydrogen) atoms. The van der Waals surface area contributed by atoms with Crippen molar-refractivity contribution < 1.29 is 0 Å². The van der Waals surface area contributed by atoms with Crippen LogP contribution in [0.2, 0.25) is 0 Å². The first-order valence-electron chi connectivity index (χ1n) is 13.9. The summed E-state index contributed by atoms with van der Waals surface area (Å²) in [5.74, 6) is 0. The summed E-state index contributed by atoms with van der Waals surface area (Å²) in [6.45, 7) is 9.97. The van der Waals surface area contributed by atoms with Gasteiger partial charge in [0.2, 0.25) is 0 Å². The molecular weight excluding hydrogens is 496 g/mol. The fourth-order valence-corrected chi connectivity index (χ4v) is 5.90. The number of hydrogen-bond acceptors (Lipinski definition) is 1. The minimum atomic E-state index is 1.01. The Morgan fingerprint density at radius 1 is 0.756 bits per heavy atom. The average Bonchev–Trinajstić information content (AvgIpc) is 3.50. The monoisotopic (exact) mass is 528 g/mol. The van der Waals surface area contributed by atoms with E-state index in [1.165, 1.54) is 60.8 Å². The van der Waals surface area contributed by atoms with Crippen LogP contribution < -0.4 is 0 Å². The van der Waals surface area contributed by atoms with Crippen molar-refractivity contribution in [1.29, 1.82) is 0 Å². The second kappa shape index (κ2) is 11.1. The highest BCUT2D eigenvalue weighted by atomic mass is 15.0. The third kappa shape index (κ3) is 4.54. The van der Waals surface area contributed by atoms with Gasteiger partial charge in [-0.15, -0.1) is 0 Å². The molecule has 0 amide bonds. The third-order valence-corrected chi connectivity index (χ3v) is 7.71. The Labute approximate surface area is 241 Å². The SMILES string of the molecule is C/C=C\c1c(-c2ccccc2)c2cccnc2n1C.C=C/C=C\C(=C)c1ccc2c3c(cccc13)-c1ccccc1-2. The molecule has 2 heterocycles. The van der Waals surface area contributed by atoms with E-state index in [1.807, 2.05) is 37.4 Å². The Morgan fingerprint density at radius 2 is 1.44 bits per heavy atom. The van der Waals surface area contributed by atoms with E-state index in [4.69, 9.17) is 0 Å². The van der Waals surface area contributed by atoms with Gasteiger partial charge in [-0.05, 0) is 74.9 Å². The maximum atomic E-state index is 4.50. The summed E-state index contributed by atoms with van der Waals surface area (Å²) < 4.78 is 2.15. The molecule has 2 nitrogen and oxygen atoms in total. The van der Waals surface area contributed by atoms with Gasteiger partial charge in [-0.1, -0.05) is 122 Å². The Morgan fingerprint density at radius 3 is 2.17 bits per heavy atom. The Balaban J connectivity index is 0.000000149. The lowest BCUT2D eigenvalue weighted by Gasteiger charge is -2.09. The highest BCUT2D eigenvalue weighted by Crippen LogP contribution is 2.48. The van der Waals surface area contributed by atoms with Crippen molar-refractivity contribution in [2.75, 3.05) is 0 Å². The molecule has 1 aliphatic carbocycles. The lowest BCUT2D eigenvalue weighted by molar-refractivity contribution is 0.936. The molecule has 0 N–H and O–H groups in total. The number of nitrogens with zero attached hydrogens (tertiary/aromatic N) is 2. The summed E-state index contributed by atoms with van der Waals surface area (Å²) in [5, 5.41) is 3.81. The lowest BCUT2D eigenvalue weighted by atomic mass is 9.95. The molecule has 4 aromatic carbocycles. The fourth-order valence-electron chi connectivity index (χ4n) is 5.90. The van der Waals surface area contributed by atoms with Crippen molar-refractivity contribution in [1.82, 2.24) is 9.55 Å². The van der Waals surface area contributed by atoms with Crippen LogP contribution in [-0.2, 0) is 7.05 Å². The first-order chi connectivity index (χ1) is 20.1. The van der Waals surface area contributed by atoms with E-state index in [0.717, 1.165) is 11.2 Å². The topological polar surface area (TPSA) is 17.8 Å².